The van der Waals surface area contributed by atoms with E-state index in [1.807, 2.05) is 19.1 Å². The molecule has 1 unspecified atom stereocenters. The highest BCUT2D eigenvalue weighted by Crippen LogP contribution is 2.19. The Hall–Kier alpha value is -1.67. The first-order valence-corrected chi connectivity index (χ1v) is 6.22. The van der Waals surface area contributed by atoms with Crippen LogP contribution in [0.25, 0.3) is 0 Å². The molecule has 1 aromatic heterocycles. The zero-order chi connectivity index (χ0) is 13.1. The van der Waals surface area contributed by atoms with Crippen molar-refractivity contribution in [2.75, 3.05) is 0 Å². The molecule has 0 saturated carbocycles. The third-order valence-electron chi connectivity index (χ3n) is 2.99. The molecular formula is C16H19NO. The van der Waals surface area contributed by atoms with Crippen LogP contribution < -0.4 is 0 Å². The van der Waals surface area contributed by atoms with E-state index in [1.165, 1.54) is 11.1 Å². The molecule has 1 atom stereocenters. The monoisotopic (exact) mass is 241 g/mol. The first-order valence-electron chi connectivity index (χ1n) is 6.22. The predicted molar refractivity (Wildman–Crippen MR) is 73.6 cm³/mol. The average Bonchev–Trinajstić information content (AvgIpc) is 2.27. The largest absolute Gasteiger partial charge is 0.386 e. The maximum Gasteiger partial charge on any atom is 0.1000 e. The fourth-order valence-corrected chi connectivity index (χ4v) is 2.26. The molecule has 2 aromatic rings. The zero-order valence-corrected chi connectivity index (χ0v) is 11.1. The van der Waals surface area contributed by atoms with Gasteiger partial charge in [0.15, 0.2) is 0 Å². The van der Waals surface area contributed by atoms with E-state index in [-0.39, 0.29) is 0 Å². The molecule has 2 heteroatoms. The van der Waals surface area contributed by atoms with Crippen molar-refractivity contribution in [1.29, 1.82) is 0 Å². The van der Waals surface area contributed by atoms with Crippen LogP contribution >= 0.6 is 0 Å². The number of rotatable bonds is 3. The minimum absolute atomic E-state index is 0.536. The van der Waals surface area contributed by atoms with Gasteiger partial charge in [0, 0.05) is 12.6 Å². The quantitative estimate of drug-likeness (QED) is 0.894. The number of aryl methyl sites for hydroxylation is 3. The summed E-state index contributed by atoms with van der Waals surface area (Å²) in [6.45, 7) is 6.16. The van der Waals surface area contributed by atoms with Crippen molar-refractivity contribution in [2.24, 2.45) is 0 Å². The lowest BCUT2D eigenvalue weighted by molar-refractivity contribution is 0.173. The smallest absolute Gasteiger partial charge is 0.1000 e. The van der Waals surface area contributed by atoms with Crippen molar-refractivity contribution in [3.05, 3.63) is 64.5 Å². The maximum absolute atomic E-state index is 10.2. The van der Waals surface area contributed by atoms with Gasteiger partial charge in [0.1, 0.15) is 0 Å². The highest BCUT2D eigenvalue weighted by Gasteiger charge is 2.10. The van der Waals surface area contributed by atoms with Gasteiger partial charge in [0.2, 0.25) is 0 Å². The van der Waals surface area contributed by atoms with Gasteiger partial charge in [-0.25, -0.2) is 0 Å². The van der Waals surface area contributed by atoms with Crippen LogP contribution in [0, 0.1) is 20.8 Å². The topological polar surface area (TPSA) is 33.1 Å². The Balaban J connectivity index is 2.18. The third-order valence-corrected chi connectivity index (χ3v) is 2.99. The average molecular weight is 241 g/mol. The number of pyridine rings is 1. The Kier molecular flexibility index (Phi) is 3.78. The van der Waals surface area contributed by atoms with Crippen molar-refractivity contribution in [1.82, 2.24) is 4.98 Å². The number of benzene rings is 1. The molecule has 0 aliphatic heterocycles. The number of hydrogen-bond donors (Lipinski definition) is 1. The van der Waals surface area contributed by atoms with Gasteiger partial charge >= 0.3 is 0 Å². The van der Waals surface area contributed by atoms with E-state index in [0.717, 1.165) is 16.8 Å². The summed E-state index contributed by atoms with van der Waals surface area (Å²) in [5.74, 6) is 0. The molecule has 0 saturated heterocycles. The summed E-state index contributed by atoms with van der Waals surface area (Å²) < 4.78 is 0. The molecule has 0 radical (unpaired) electrons. The number of aliphatic hydroxyl groups is 1. The van der Waals surface area contributed by atoms with Crippen LogP contribution in [0.4, 0.5) is 0 Å². The van der Waals surface area contributed by atoms with Crippen LogP contribution in [0.15, 0.2) is 36.5 Å². The molecule has 0 amide bonds. The molecule has 1 aromatic carbocycles. The van der Waals surface area contributed by atoms with Crippen molar-refractivity contribution in [3.63, 3.8) is 0 Å². The van der Waals surface area contributed by atoms with E-state index in [1.54, 1.807) is 6.20 Å². The summed E-state index contributed by atoms with van der Waals surface area (Å²) in [7, 11) is 0. The van der Waals surface area contributed by atoms with Crippen LogP contribution in [0.5, 0.6) is 0 Å². The third kappa shape index (κ3) is 3.17. The molecule has 2 rings (SSSR count). The fraction of sp³-hybridized carbons (Fsp3) is 0.312. The van der Waals surface area contributed by atoms with Crippen LogP contribution in [0.2, 0.25) is 0 Å². The first-order chi connectivity index (χ1) is 8.54. The van der Waals surface area contributed by atoms with E-state index >= 15 is 0 Å². The zero-order valence-electron chi connectivity index (χ0n) is 11.1. The standard InChI is InChI=1S/C16H19NO/c1-11-4-5-17-15(9-11)16(18)10-14-7-12(2)6-13(3)8-14/h4-9,16,18H,10H2,1-3H3. The molecule has 94 valence electrons. The van der Waals surface area contributed by atoms with Gasteiger partial charge in [-0.05, 0) is 44.0 Å². The minimum Gasteiger partial charge on any atom is -0.386 e. The minimum atomic E-state index is -0.536. The van der Waals surface area contributed by atoms with Crippen molar-refractivity contribution in [2.45, 2.75) is 33.3 Å². The molecule has 0 aliphatic rings. The maximum atomic E-state index is 10.2. The molecule has 0 spiro atoms. The second kappa shape index (κ2) is 5.32. The molecule has 1 N–H and O–H groups in total. The van der Waals surface area contributed by atoms with E-state index in [4.69, 9.17) is 0 Å². The number of nitrogens with zero attached hydrogens (tertiary/aromatic N) is 1. The van der Waals surface area contributed by atoms with Gasteiger partial charge in [0.05, 0.1) is 11.8 Å². The molecule has 18 heavy (non-hydrogen) atoms. The molecule has 2 nitrogen and oxygen atoms in total. The molecular weight excluding hydrogens is 222 g/mol. The van der Waals surface area contributed by atoms with Crippen molar-refractivity contribution < 1.29 is 5.11 Å². The Labute approximate surface area is 108 Å². The summed E-state index contributed by atoms with van der Waals surface area (Å²) in [4.78, 5) is 4.23. The van der Waals surface area contributed by atoms with Gasteiger partial charge in [0.25, 0.3) is 0 Å². The van der Waals surface area contributed by atoms with Crippen molar-refractivity contribution >= 4 is 0 Å². The predicted octanol–water partition coefficient (Wildman–Crippen LogP) is 3.28. The van der Waals surface area contributed by atoms with Gasteiger partial charge in [-0.1, -0.05) is 29.3 Å². The highest BCUT2D eigenvalue weighted by atomic mass is 16.3. The first kappa shape index (κ1) is 12.8. The van der Waals surface area contributed by atoms with E-state index in [2.05, 4.69) is 37.0 Å². The molecule has 0 fully saturated rings. The fourth-order valence-electron chi connectivity index (χ4n) is 2.26. The van der Waals surface area contributed by atoms with Crippen LogP contribution in [0.1, 0.15) is 34.1 Å². The Morgan fingerprint density at radius 1 is 1.00 bits per heavy atom. The Morgan fingerprint density at radius 3 is 2.28 bits per heavy atom. The number of aliphatic hydroxyl groups excluding tert-OH is 1. The van der Waals surface area contributed by atoms with Gasteiger partial charge in [-0.2, -0.15) is 0 Å². The van der Waals surface area contributed by atoms with Crippen LogP contribution in [-0.2, 0) is 6.42 Å². The van der Waals surface area contributed by atoms with Gasteiger partial charge in [-0.15, -0.1) is 0 Å². The normalized spacial score (nSPS) is 12.4. The summed E-state index contributed by atoms with van der Waals surface area (Å²) >= 11 is 0. The Bertz CT molecular complexity index is 528. The summed E-state index contributed by atoms with van der Waals surface area (Å²) in [5.41, 5.74) is 5.49. The highest BCUT2D eigenvalue weighted by molar-refractivity contribution is 5.29. The lowest BCUT2D eigenvalue weighted by atomic mass is 10.0. The van der Waals surface area contributed by atoms with Crippen molar-refractivity contribution in [3.8, 4) is 0 Å². The number of aromatic nitrogens is 1. The molecule has 0 aliphatic carbocycles. The molecule has 0 bridgehead atoms. The lowest BCUT2D eigenvalue weighted by Gasteiger charge is -2.12. The summed E-state index contributed by atoms with van der Waals surface area (Å²) in [5, 5.41) is 10.2. The van der Waals surface area contributed by atoms with Crippen LogP contribution in [-0.4, -0.2) is 10.1 Å². The SMILES string of the molecule is Cc1cc(C)cc(CC(O)c2cc(C)ccn2)c1. The number of hydrogen-bond acceptors (Lipinski definition) is 2. The summed E-state index contributed by atoms with van der Waals surface area (Å²) in [6, 6.07) is 10.2. The summed E-state index contributed by atoms with van der Waals surface area (Å²) in [6.07, 6.45) is 1.82. The Morgan fingerprint density at radius 2 is 1.67 bits per heavy atom. The lowest BCUT2D eigenvalue weighted by Crippen LogP contribution is -2.04. The van der Waals surface area contributed by atoms with Crippen LogP contribution in [0.3, 0.4) is 0 Å². The molecule has 1 heterocycles. The van der Waals surface area contributed by atoms with Gasteiger partial charge < -0.3 is 5.11 Å². The second-order valence-corrected chi connectivity index (χ2v) is 4.97. The van der Waals surface area contributed by atoms with E-state index in [0.29, 0.717) is 6.42 Å². The van der Waals surface area contributed by atoms with Gasteiger partial charge in [-0.3, -0.25) is 4.98 Å². The van der Waals surface area contributed by atoms with E-state index < -0.39 is 6.10 Å². The van der Waals surface area contributed by atoms with E-state index in [9.17, 15) is 5.11 Å². The second-order valence-electron chi connectivity index (χ2n) is 4.97.